The quantitative estimate of drug-likeness (QED) is 0.584. The van der Waals surface area contributed by atoms with E-state index in [1.54, 1.807) is 13.0 Å². The van der Waals surface area contributed by atoms with Crippen molar-refractivity contribution in [2.75, 3.05) is 6.61 Å². The van der Waals surface area contributed by atoms with E-state index in [9.17, 15) is 10.1 Å². The van der Waals surface area contributed by atoms with Crippen LogP contribution >= 0.6 is 0 Å². The van der Waals surface area contributed by atoms with Crippen LogP contribution < -0.4 is 4.74 Å². The Hall–Kier alpha value is -1.62. The van der Waals surface area contributed by atoms with E-state index < -0.39 is 11.0 Å². The van der Waals surface area contributed by atoms with Crippen LogP contribution in [-0.4, -0.2) is 22.7 Å². The number of non-ortho nitro benzene ring substituents is 1. The lowest BCUT2D eigenvalue weighted by Gasteiger charge is -2.07. The van der Waals surface area contributed by atoms with Gasteiger partial charge in [0.1, 0.15) is 12.4 Å². The maximum Gasteiger partial charge on any atom is 0.273 e. The van der Waals surface area contributed by atoms with E-state index in [0.717, 1.165) is 0 Å². The second-order valence-electron chi connectivity index (χ2n) is 2.91. The van der Waals surface area contributed by atoms with E-state index in [0.29, 0.717) is 5.75 Å². The largest absolute Gasteiger partial charge is 0.491 e. The highest BCUT2D eigenvalue weighted by molar-refractivity contribution is 5.37. The molecule has 0 heterocycles. The van der Waals surface area contributed by atoms with E-state index in [-0.39, 0.29) is 12.3 Å². The maximum atomic E-state index is 10.4. The van der Waals surface area contributed by atoms with Gasteiger partial charge in [0.2, 0.25) is 0 Å². The van der Waals surface area contributed by atoms with Crippen molar-refractivity contribution in [1.29, 1.82) is 0 Å². The zero-order chi connectivity index (χ0) is 10.6. The first-order valence-electron chi connectivity index (χ1n) is 4.15. The zero-order valence-corrected chi connectivity index (χ0v) is 7.71. The number of hydrogen-bond donors (Lipinski definition) is 1. The van der Waals surface area contributed by atoms with Gasteiger partial charge in [-0.25, -0.2) is 0 Å². The average Bonchev–Trinajstić information content (AvgIpc) is 2.15. The fraction of sp³-hybridized carbons (Fsp3) is 0.333. The maximum absolute atomic E-state index is 10.4. The third-order valence-electron chi connectivity index (χ3n) is 1.52. The number of hydrogen-bond acceptors (Lipinski definition) is 4. The summed E-state index contributed by atoms with van der Waals surface area (Å²) < 4.78 is 5.10. The highest BCUT2D eigenvalue weighted by atomic mass is 16.6. The van der Waals surface area contributed by atoms with Crippen LogP contribution in [0.5, 0.6) is 5.75 Å². The lowest BCUT2D eigenvalue weighted by molar-refractivity contribution is -0.384. The molecule has 76 valence electrons. The van der Waals surface area contributed by atoms with Gasteiger partial charge in [0.05, 0.1) is 17.1 Å². The Morgan fingerprint density at radius 1 is 1.64 bits per heavy atom. The number of benzene rings is 1. The number of nitro groups is 1. The van der Waals surface area contributed by atoms with E-state index in [1.165, 1.54) is 18.2 Å². The molecule has 0 saturated heterocycles. The summed E-state index contributed by atoms with van der Waals surface area (Å²) in [7, 11) is 0. The fourth-order valence-electron chi connectivity index (χ4n) is 0.904. The molecule has 14 heavy (non-hydrogen) atoms. The van der Waals surface area contributed by atoms with Crippen LogP contribution in [0, 0.1) is 10.1 Å². The Bertz CT molecular complexity index is 324. The molecule has 1 N–H and O–H groups in total. The Morgan fingerprint density at radius 3 is 2.93 bits per heavy atom. The Balaban J connectivity index is 2.69. The predicted molar refractivity (Wildman–Crippen MR) is 50.3 cm³/mol. The summed E-state index contributed by atoms with van der Waals surface area (Å²) in [5.74, 6) is 0.389. The Morgan fingerprint density at radius 2 is 2.36 bits per heavy atom. The molecule has 0 aliphatic rings. The third kappa shape index (κ3) is 3.02. The van der Waals surface area contributed by atoms with Gasteiger partial charge < -0.3 is 9.84 Å². The van der Waals surface area contributed by atoms with Gasteiger partial charge in [0, 0.05) is 6.07 Å². The lowest BCUT2D eigenvalue weighted by atomic mass is 10.3. The number of nitrogens with zero attached hydrogens (tertiary/aromatic N) is 1. The monoisotopic (exact) mass is 197 g/mol. The van der Waals surface area contributed by atoms with Crippen LogP contribution in [0.2, 0.25) is 0 Å². The molecule has 1 aromatic carbocycles. The van der Waals surface area contributed by atoms with E-state index >= 15 is 0 Å². The third-order valence-corrected chi connectivity index (χ3v) is 1.52. The predicted octanol–water partition coefficient (Wildman–Crippen LogP) is 1.35. The van der Waals surface area contributed by atoms with Crippen LogP contribution in [-0.2, 0) is 0 Å². The fourth-order valence-corrected chi connectivity index (χ4v) is 0.904. The first-order chi connectivity index (χ1) is 6.59. The van der Waals surface area contributed by atoms with Gasteiger partial charge in [-0.2, -0.15) is 0 Å². The Kier molecular flexibility index (Phi) is 3.41. The van der Waals surface area contributed by atoms with Crippen molar-refractivity contribution >= 4 is 5.69 Å². The van der Waals surface area contributed by atoms with E-state index in [4.69, 9.17) is 9.84 Å². The van der Waals surface area contributed by atoms with Crippen LogP contribution in [0.4, 0.5) is 5.69 Å². The van der Waals surface area contributed by atoms with Gasteiger partial charge in [0.25, 0.3) is 5.69 Å². The molecule has 0 amide bonds. The molecular formula is C9H11NO4. The van der Waals surface area contributed by atoms with Crippen LogP contribution in [0.3, 0.4) is 0 Å². The van der Waals surface area contributed by atoms with E-state index in [2.05, 4.69) is 0 Å². The van der Waals surface area contributed by atoms with Crippen LogP contribution in [0.15, 0.2) is 24.3 Å². The molecule has 0 unspecified atom stereocenters. The molecule has 0 bridgehead atoms. The van der Waals surface area contributed by atoms with Gasteiger partial charge in [-0.3, -0.25) is 10.1 Å². The van der Waals surface area contributed by atoms with Crippen molar-refractivity contribution in [3.8, 4) is 5.75 Å². The molecule has 0 aliphatic carbocycles. The van der Waals surface area contributed by atoms with Crippen molar-refractivity contribution in [2.24, 2.45) is 0 Å². The van der Waals surface area contributed by atoms with Gasteiger partial charge in [-0.1, -0.05) is 6.07 Å². The first-order valence-corrected chi connectivity index (χ1v) is 4.15. The molecule has 1 rings (SSSR count). The average molecular weight is 197 g/mol. The molecule has 0 saturated carbocycles. The smallest absolute Gasteiger partial charge is 0.273 e. The highest BCUT2D eigenvalue weighted by Gasteiger charge is 2.06. The van der Waals surface area contributed by atoms with Crippen molar-refractivity contribution in [3.63, 3.8) is 0 Å². The van der Waals surface area contributed by atoms with Crippen LogP contribution in [0.1, 0.15) is 6.92 Å². The first kappa shape index (κ1) is 10.5. The molecule has 1 aromatic rings. The van der Waals surface area contributed by atoms with Gasteiger partial charge >= 0.3 is 0 Å². The minimum absolute atomic E-state index is 0.0203. The summed E-state index contributed by atoms with van der Waals surface area (Å²) >= 11 is 0. The number of nitro benzene ring substituents is 1. The van der Waals surface area contributed by atoms with Gasteiger partial charge in [-0.15, -0.1) is 0 Å². The molecule has 5 heteroatoms. The topological polar surface area (TPSA) is 72.6 Å². The minimum atomic E-state index is -0.589. The summed E-state index contributed by atoms with van der Waals surface area (Å²) in [5.41, 5.74) is -0.0203. The molecule has 5 nitrogen and oxygen atoms in total. The zero-order valence-electron chi connectivity index (χ0n) is 7.71. The summed E-state index contributed by atoms with van der Waals surface area (Å²) in [6.45, 7) is 1.71. The van der Waals surface area contributed by atoms with Crippen molar-refractivity contribution in [2.45, 2.75) is 13.0 Å². The number of aliphatic hydroxyl groups excluding tert-OH is 1. The molecule has 0 aliphatic heterocycles. The number of rotatable bonds is 4. The molecular weight excluding hydrogens is 186 g/mol. The molecule has 0 fully saturated rings. The SMILES string of the molecule is C[C@@H](O)COc1cccc([N+](=O)[O-])c1. The minimum Gasteiger partial charge on any atom is -0.491 e. The van der Waals surface area contributed by atoms with Crippen molar-refractivity contribution in [3.05, 3.63) is 34.4 Å². The Labute approximate surface area is 81.1 Å². The summed E-state index contributed by atoms with van der Waals surface area (Å²) in [6.07, 6.45) is -0.589. The summed E-state index contributed by atoms with van der Waals surface area (Å²) in [4.78, 5) is 9.90. The molecule has 1 atom stereocenters. The molecule has 0 aromatic heterocycles. The van der Waals surface area contributed by atoms with Crippen molar-refractivity contribution in [1.82, 2.24) is 0 Å². The normalized spacial score (nSPS) is 12.1. The molecule has 0 spiro atoms. The van der Waals surface area contributed by atoms with Crippen molar-refractivity contribution < 1.29 is 14.8 Å². The lowest BCUT2D eigenvalue weighted by Crippen LogP contribution is -2.12. The van der Waals surface area contributed by atoms with Gasteiger partial charge in [0.15, 0.2) is 0 Å². The second-order valence-corrected chi connectivity index (χ2v) is 2.91. The standard InChI is InChI=1S/C9H11NO4/c1-7(11)6-14-9-4-2-3-8(5-9)10(12)13/h2-5,7,11H,6H2,1H3/t7-/m1/s1. The highest BCUT2D eigenvalue weighted by Crippen LogP contribution is 2.18. The molecule has 0 radical (unpaired) electrons. The van der Waals surface area contributed by atoms with Crippen LogP contribution in [0.25, 0.3) is 0 Å². The summed E-state index contributed by atoms with van der Waals surface area (Å²) in [6, 6.07) is 5.85. The number of ether oxygens (including phenoxy) is 1. The summed E-state index contributed by atoms with van der Waals surface area (Å²) in [5, 5.41) is 19.3. The van der Waals surface area contributed by atoms with Gasteiger partial charge in [-0.05, 0) is 13.0 Å². The number of aliphatic hydroxyl groups is 1. The van der Waals surface area contributed by atoms with E-state index in [1.807, 2.05) is 0 Å². The second kappa shape index (κ2) is 4.57.